The van der Waals surface area contributed by atoms with Crippen molar-refractivity contribution < 1.29 is 80.4 Å². The Balaban J connectivity index is 0.000000163. The van der Waals surface area contributed by atoms with Gasteiger partial charge in [0, 0.05) is 189 Å². The standard InChI is InChI=1S/C17H13N2.C16H12N3.C16H11N2.C15H10N3.4C11H8N.4Ir/c1-13-7-8-15(11-18-13)16-9-10-17(19-12-16)14-5-3-2-4-6-14;1-12-17-10-9-16(19-12)14-7-8-15(18-11-14)13-5-3-2-4-6-13;1-2-5-13(6-3-1)16-9-8-15(12-18-16)14-7-4-10-17-11-14;1-2-4-12(5-3-1)14-7-6-13(10-17-14)15-8-9-16-11-18-15;4*1-2-6-10(7-3-1)11-8-4-5-9-12-11;;;;/h2-5,7-12H,1H3;2-5,7-11H,1H3;1-5,7-12H;1-4,6-11H;4*1-6,8-9H;;;;/q8*-1;;;;. The Hall–Kier alpha value is -14.0. The minimum absolute atomic E-state index is 0. The van der Waals surface area contributed by atoms with E-state index >= 15 is 0 Å². The molecule has 18 heteroatoms. The molecule has 0 saturated heterocycles. The number of aryl methyl sites for hydroxylation is 2. The monoisotopic (exact) mass is 2340 g/mol. The predicted octanol–water partition coefficient (Wildman–Crippen LogP) is 24.0. The second-order valence-electron chi connectivity index (χ2n) is 26.3. The third-order valence-electron chi connectivity index (χ3n) is 17.8. The summed E-state index contributed by atoms with van der Waals surface area (Å²) in [5, 5.41) is 0. The van der Waals surface area contributed by atoms with Crippen molar-refractivity contribution in [3.63, 3.8) is 0 Å². The first-order valence-electron chi connectivity index (χ1n) is 39.0. The number of rotatable bonds is 12. The van der Waals surface area contributed by atoms with Crippen LogP contribution in [0, 0.1) is 62.4 Å². The van der Waals surface area contributed by atoms with Gasteiger partial charge in [0.25, 0.3) is 0 Å². The summed E-state index contributed by atoms with van der Waals surface area (Å²) < 4.78 is 0. The van der Waals surface area contributed by atoms with Gasteiger partial charge >= 0.3 is 0 Å². The maximum Gasteiger partial charge on any atom is 0.125 e. The van der Waals surface area contributed by atoms with Gasteiger partial charge < -0.3 is 39.9 Å². The average Bonchev–Trinajstić information content (AvgIpc) is 0.843. The van der Waals surface area contributed by atoms with E-state index in [1.54, 1.807) is 43.4 Å². The molecular weight excluding hydrogens is 2260 g/mol. The van der Waals surface area contributed by atoms with Crippen molar-refractivity contribution in [2.24, 2.45) is 0 Å². The van der Waals surface area contributed by atoms with Crippen LogP contribution < -0.4 is 0 Å². The van der Waals surface area contributed by atoms with Gasteiger partial charge in [-0.25, -0.2) is 19.9 Å². The minimum Gasteiger partial charge on any atom is -0.305 e. The number of hydrogen-bond acceptors (Lipinski definition) is 14. The van der Waals surface area contributed by atoms with Gasteiger partial charge in [-0.3, -0.25) is 9.97 Å². The van der Waals surface area contributed by atoms with E-state index in [9.17, 15) is 0 Å². The van der Waals surface area contributed by atoms with Crippen LogP contribution in [0.2, 0.25) is 0 Å². The van der Waals surface area contributed by atoms with E-state index in [1.807, 2.05) is 385 Å². The first kappa shape index (κ1) is 95.8. The third kappa shape index (κ3) is 30.8. The molecule has 4 radical (unpaired) electrons. The van der Waals surface area contributed by atoms with Gasteiger partial charge in [-0.15, -0.1) is 287 Å². The summed E-state index contributed by atoms with van der Waals surface area (Å²) in [5.74, 6) is 0.762. The van der Waals surface area contributed by atoms with E-state index in [-0.39, 0.29) is 80.4 Å². The molecule has 0 bridgehead atoms. The first-order valence-corrected chi connectivity index (χ1v) is 39.0. The van der Waals surface area contributed by atoms with Gasteiger partial charge in [0.15, 0.2) is 0 Å². The van der Waals surface area contributed by atoms with E-state index in [0.717, 1.165) is 146 Å². The van der Waals surface area contributed by atoms with Gasteiger partial charge in [0.05, 0.1) is 11.4 Å². The van der Waals surface area contributed by atoms with Crippen LogP contribution in [0.15, 0.2) is 439 Å². The number of benzene rings is 8. The minimum atomic E-state index is 0. The number of pyridine rings is 10. The zero-order valence-corrected chi connectivity index (χ0v) is 77.7. The topological polar surface area (TPSA) is 180 Å². The quantitative estimate of drug-likeness (QED) is 0.105. The molecule has 0 aliphatic rings. The van der Waals surface area contributed by atoms with Gasteiger partial charge in [-0.2, -0.15) is 0 Å². The Bertz CT molecular complexity index is 5590. The molecule has 0 N–H and O–H groups in total. The number of nitrogens with zero attached hydrogens (tertiary/aromatic N) is 14. The molecule has 126 heavy (non-hydrogen) atoms. The van der Waals surface area contributed by atoms with Crippen LogP contribution >= 0.6 is 0 Å². The zero-order valence-electron chi connectivity index (χ0n) is 68.2. The molecule has 0 aliphatic heterocycles. The van der Waals surface area contributed by atoms with Crippen LogP contribution in [-0.2, 0) is 80.4 Å². The maximum absolute atomic E-state index is 4.49. The molecule has 0 atom stereocenters. The van der Waals surface area contributed by atoms with E-state index < -0.39 is 0 Å². The fraction of sp³-hybridized carbons (Fsp3) is 0.0185. The third-order valence-corrected chi connectivity index (χ3v) is 17.8. The van der Waals surface area contributed by atoms with Crippen molar-refractivity contribution in [2.75, 3.05) is 0 Å². The Labute approximate surface area is 790 Å². The van der Waals surface area contributed by atoms with E-state index in [0.29, 0.717) is 0 Å². The average molecular weight is 2340 g/mol. The van der Waals surface area contributed by atoms with Gasteiger partial charge in [0.2, 0.25) is 0 Å². The Kier molecular flexibility index (Phi) is 40.9. The molecule has 12 heterocycles. The summed E-state index contributed by atoms with van der Waals surface area (Å²) in [6, 6.07) is 139. The molecule has 14 nitrogen and oxygen atoms in total. The van der Waals surface area contributed by atoms with Crippen molar-refractivity contribution in [1.29, 1.82) is 0 Å². The SMILES string of the molecule is Cc1ccc(-c2ccc(-c3[c-]cccc3)nc2)cn1.Cc1nccc(-c2ccc(-c3[c-]cccc3)nc2)n1.[Ir].[Ir].[Ir].[Ir].[c-]1ccccc1-c1ccc(-c2cccnc2)cn1.[c-]1ccccc1-c1ccc(-c2ccncn2)cn1.[c-]1ccccc1-c1ccccn1.[c-]1ccccc1-c1ccccn1.[c-]1ccccc1-c1ccccn1.[c-]1ccccc1-c1ccccn1. The van der Waals surface area contributed by atoms with Crippen LogP contribution in [0.3, 0.4) is 0 Å². The normalized spacial score (nSPS) is 9.73. The fourth-order valence-corrected chi connectivity index (χ4v) is 11.6. The molecule has 0 fully saturated rings. The van der Waals surface area contributed by atoms with Crippen LogP contribution in [0.4, 0.5) is 0 Å². The summed E-state index contributed by atoms with van der Waals surface area (Å²) in [4.78, 5) is 59.7. The van der Waals surface area contributed by atoms with Crippen molar-refractivity contribution in [3.8, 4) is 135 Å². The molecule has 0 aliphatic carbocycles. The second-order valence-corrected chi connectivity index (χ2v) is 26.3. The molecule has 0 unspecified atom stereocenters. The van der Waals surface area contributed by atoms with Crippen molar-refractivity contribution in [3.05, 3.63) is 499 Å². The molecule has 0 spiro atoms. The van der Waals surface area contributed by atoms with Crippen LogP contribution in [-0.4, -0.2) is 69.8 Å². The molecular formula is C108H78Ir4N14-8. The number of aromatic nitrogens is 14. The van der Waals surface area contributed by atoms with Crippen molar-refractivity contribution in [2.45, 2.75) is 13.8 Å². The second kappa shape index (κ2) is 53.8. The van der Waals surface area contributed by atoms with E-state index in [2.05, 4.69) is 137 Å². The van der Waals surface area contributed by atoms with Gasteiger partial charge in [-0.1, -0.05) is 109 Å². The fourth-order valence-electron chi connectivity index (χ4n) is 11.6. The predicted molar refractivity (Wildman–Crippen MR) is 486 cm³/mol. The largest absolute Gasteiger partial charge is 0.305 e. The first-order chi connectivity index (χ1) is 60.4. The smallest absolute Gasteiger partial charge is 0.125 e. The maximum atomic E-state index is 4.49. The summed E-state index contributed by atoms with van der Waals surface area (Å²) in [6.45, 7) is 3.86. The van der Waals surface area contributed by atoms with Crippen LogP contribution in [0.1, 0.15) is 11.5 Å². The van der Waals surface area contributed by atoms with Gasteiger partial charge in [0.1, 0.15) is 12.2 Å². The van der Waals surface area contributed by atoms with Crippen LogP contribution in [0.25, 0.3) is 135 Å². The Morgan fingerprint density at radius 3 is 0.706 bits per heavy atom. The molecule has 12 aromatic heterocycles. The zero-order chi connectivity index (χ0) is 83.5. The summed E-state index contributed by atoms with van der Waals surface area (Å²) >= 11 is 0. The molecule has 0 amide bonds. The summed E-state index contributed by atoms with van der Waals surface area (Å²) in [5.41, 5.74) is 24.8. The van der Waals surface area contributed by atoms with E-state index in [4.69, 9.17) is 0 Å². The van der Waals surface area contributed by atoms with E-state index in [1.165, 1.54) is 6.33 Å². The summed E-state index contributed by atoms with van der Waals surface area (Å²) in [6.07, 6.45) is 25.0. The Morgan fingerprint density at radius 2 is 0.460 bits per heavy atom. The van der Waals surface area contributed by atoms with Crippen molar-refractivity contribution in [1.82, 2.24) is 69.8 Å². The Morgan fingerprint density at radius 1 is 0.175 bits per heavy atom. The molecule has 8 aromatic carbocycles. The van der Waals surface area contributed by atoms with Crippen molar-refractivity contribution >= 4 is 0 Å². The molecule has 0 saturated carbocycles. The molecule has 624 valence electrons. The van der Waals surface area contributed by atoms with Crippen LogP contribution in [0.5, 0.6) is 0 Å². The molecule has 20 aromatic rings. The summed E-state index contributed by atoms with van der Waals surface area (Å²) in [7, 11) is 0. The van der Waals surface area contributed by atoms with Gasteiger partial charge in [-0.05, 0) is 119 Å². The number of hydrogen-bond donors (Lipinski definition) is 0. The molecule has 20 rings (SSSR count).